The average molecular weight is 294 g/mol. The highest BCUT2D eigenvalue weighted by Crippen LogP contribution is 2.48. The molecule has 19 heavy (non-hydrogen) atoms. The predicted octanol–water partition coefficient (Wildman–Crippen LogP) is 5.31. The van der Waals surface area contributed by atoms with Crippen molar-refractivity contribution in [3.05, 3.63) is 33.4 Å². The number of Topliss-reactive ketones (excluding diaryl/α,β-unsaturated/α-hetero) is 1. The second kappa shape index (κ2) is 6.76. The molecule has 0 aliphatic carbocycles. The summed E-state index contributed by atoms with van der Waals surface area (Å²) in [6.45, 7) is 3.96. The van der Waals surface area contributed by atoms with Gasteiger partial charge < -0.3 is 0 Å². The number of aryl methyl sites for hydroxylation is 1. The summed E-state index contributed by atoms with van der Waals surface area (Å²) in [5.74, 6) is 0.280. The van der Waals surface area contributed by atoms with Crippen molar-refractivity contribution < 1.29 is 4.79 Å². The molecule has 2 rings (SSSR count). The summed E-state index contributed by atoms with van der Waals surface area (Å²) in [4.78, 5) is 14.7. The van der Waals surface area contributed by atoms with Crippen molar-refractivity contribution in [3.63, 3.8) is 0 Å². The van der Waals surface area contributed by atoms with Gasteiger partial charge in [0.2, 0.25) is 0 Å². The van der Waals surface area contributed by atoms with Crippen molar-refractivity contribution in [1.29, 1.82) is 0 Å². The van der Waals surface area contributed by atoms with Crippen LogP contribution in [0.1, 0.15) is 55.7 Å². The zero-order valence-corrected chi connectivity index (χ0v) is 13.4. The van der Waals surface area contributed by atoms with Crippen LogP contribution in [-0.4, -0.2) is 5.78 Å². The van der Waals surface area contributed by atoms with Gasteiger partial charge in [-0.15, -0.1) is 23.1 Å². The molecule has 0 saturated heterocycles. The number of carbonyl (C=O) groups is 1. The van der Waals surface area contributed by atoms with E-state index in [4.69, 9.17) is 0 Å². The van der Waals surface area contributed by atoms with Crippen LogP contribution in [0.2, 0.25) is 0 Å². The Morgan fingerprint density at radius 2 is 2.16 bits per heavy atom. The van der Waals surface area contributed by atoms with E-state index in [1.165, 1.54) is 35.4 Å². The van der Waals surface area contributed by atoms with E-state index in [-0.39, 0.29) is 10.5 Å². The van der Waals surface area contributed by atoms with Gasteiger partial charge in [-0.25, -0.2) is 0 Å². The highest BCUT2D eigenvalue weighted by molar-refractivity contribution is 8.04. The molecule has 2 heterocycles. The lowest BCUT2D eigenvalue weighted by Gasteiger charge is -2.23. The Hall–Kier alpha value is -0.540. The lowest BCUT2D eigenvalue weighted by molar-refractivity contribution is -0.119. The summed E-state index contributed by atoms with van der Waals surface area (Å²) in [6, 6.07) is 4.39. The highest BCUT2D eigenvalue weighted by atomic mass is 32.2. The minimum absolute atomic E-state index is 0.280. The van der Waals surface area contributed by atoms with E-state index in [0.717, 1.165) is 12.8 Å². The molecule has 3 heteroatoms. The van der Waals surface area contributed by atoms with Gasteiger partial charge >= 0.3 is 0 Å². The number of ketones is 1. The van der Waals surface area contributed by atoms with E-state index >= 15 is 0 Å². The highest BCUT2D eigenvalue weighted by Gasteiger charge is 2.40. The largest absolute Gasteiger partial charge is 0.298 e. The number of allylic oxidation sites excluding steroid dienone is 1. The molecular formula is C16H22OS2. The normalized spacial score (nSPS) is 22.0. The minimum atomic E-state index is -0.313. The molecule has 0 fully saturated rings. The second-order valence-corrected chi connectivity index (χ2v) is 7.53. The van der Waals surface area contributed by atoms with E-state index < -0.39 is 0 Å². The maximum atomic E-state index is 12.0. The van der Waals surface area contributed by atoms with E-state index in [0.29, 0.717) is 0 Å². The monoisotopic (exact) mass is 294 g/mol. The molecular weight excluding hydrogens is 272 g/mol. The summed E-state index contributed by atoms with van der Waals surface area (Å²) < 4.78 is -0.313. The van der Waals surface area contributed by atoms with Crippen molar-refractivity contribution in [1.82, 2.24) is 0 Å². The van der Waals surface area contributed by atoms with E-state index in [2.05, 4.69) is 30.5 Å². The molecule has 0 N–H and O–H groups in total. The molecule has 1 aliphatic heterocycles. The van der Waals surface area contributed by atoms with Crippen LogP contribution in [0.5, 0.6) is 0 Å². The standard InChI is InChI=1S/C16H22OS2/c1-3-4-5-6-8-14-9-10-15(19-14)16(13(2)17)11-7-12-18-16/h7,9-10,12H,3-6,8,11H2,1-2H3. The Morgan fingerprint density at radius 3 is 2.79 bits per heavy atom. The van der Waals surface area contributed by atoms with E-state index in [9.17, 15) is 4.79 Å². The van der Waals surface area contributed by atoms with Crippen LogP contribution in [0.25, 0.3) is 0 Å². The van der Waals surface area contributed by atoms with Crippen LogP contribution >= 0.6 is 23.1 Å². The fourth-order valence-electron chi connectivity index (χ4n) is 2.44. The molecule has 1 unspecified atom stereocenters. The number of hydrogen-bond acceptors (Lipinski definition) is 3. The molecule has 1 atom stereocenters. The van der Waals surface area contributed by atoms with E-state index in [1.54, 1.807) is 18.7 Å². The summed E-state index contributed by atoms with van der Waals surface area (Å²) in [5, 5.41) is 2.07. The van der Waals surface area contributed by atoms with Crippen molar-refractivity contribution in [2.24, 2.45) is 0 Å². The van der Waals surface area contributed by atoms with Crippen LogP contribution in [0.3, 0.4) is 0 Å². The predicted molar refractivity (Wildman–Crippen MR) is 85.9 cm³/mol. The van der Waals surface area contributed by atoms with E-state index in [1.807, 2.05) is 11.3 Å². The third kappa shape index (κ3) is 3.32. The third-order valence-corrected chi connectivity index (χ3v) is 6.52. The van der Waals surface area contributed by atoms with Crippen molar-refractivity contribution in [2.75, 3.05) is 0 Å². The summed E-state index contributed by atoms with van der Waals surface area (Å²) in [5.41, 5.74) is 0. The molecule has 1 aromatic heterocycles. The number of unbranched alkanes of at least 4 members (excludes halogenated alkanes) is 3. The van der Waals surface area contributed by atoms with Crippen LogP contribution < -0.4 is 0 Å². The van der Waals surface area contributed by atoms with Crippen molar-refractivity contribution >= 4 is 28.9 Å². The van der Waals surface area contributed by atoms with Crippen LogP contribution in [-0.2, 0) is 16.0 Å². The number of hydrogen-bond donors (Lipinski definition) is 0. The third-order valence-electron chi connectivity index (χ3n) is 3.68. The van der Waals surface area contributed by atoms with Gasteiger partial charge in [-0.2, -0.15) is 0 Å². The smallest absolute Gasteiger partial charge is 0.151 e. The lowest BCUT2D eigenvalue weighted by Crippen LogP contribution is -2.26. The minimum Gasteiger partial charge on any atom is -0.298 e. The molecule has 0 aromatic carbocycles. The van der Waals surface area contributed by atoms with Crippen molar-refractivity contribution in [3.8, 4) is 0 Å². The summed E-state index contributed by atoms with van der Waals surface area (Å²) in [6.07, 6.45) is 9.33. The molecule has 0 saturated carbocycles. The van der Waals surface area contributed by atoms with Crippen molar-refractivity contribution in [2.45, 2.75) is 57.1 Å². The lowest BCUT2D eigenvalue weighted by atomic mass is 9.98. The van der Waals surface area contributed by atoms with Gasteiger partial charge in [-0.1, -0.05) is 32.3 Å². The fourth-order valence-corrected chi connectivity index (χ4v) is 4.87. The Kier molecular flexibility index (Phi) is 5.28. The Labute approximate surface area is 124 Å². The Bertz CT molecular complexity index is 451. The summed E-state index contributed by atoms with van der Waals surface area (Å²) >= 11 is 3.51. The molecule has 0 spiro atoms. The molecule has 0 radical (unpaired) electrons. The van der Waals surface area contributed by atoms with Gasteiger partial charge in [0.15, 0.2) is 5.78 Å². The van der Waals surface area contributed by atoms with Crippen LogP contribution in [0, 0.1) is 0 Å². The number of thioether (sulfide) groups is 1. The fraction of sp³-hybridized carbons (Fsp3) is 0.562. The molecule has 1 aromatic rings. The maximum Gasteiger partial charge on any atom is 0.151 e. The number of carbonyl (C=O) groups excluding carboxylic acids is 1. The zero-order chi connectivity index (χ0) is 13.7. The quantitative estimate of drug-likeness (QED) is 0.634. The van der Waals surface area contributed by atoms with Gasteiger partial charge in [-0.3, -0.25) is 4.79 Å². The first-order chi connectivity index (χ1) is 9.19. The molecule has 1 aliphatic rings. The first-order valence-electron chi connectivity index (χ1n) is 7.12. The van der Waals surface area contributed by atoms with Gasteiger partial charge in [0, 0.05) is 9.75 Å². The molecule has 1 nitrogen and oxygen atoms in total. The Morgan fingerprint density at radius 1 is 1.32 bits per heavy atom. The topological polar surface area (TPSA) is 17.1 Å². The van der Waals surface area contributed by atoms with Gasteiger partial charge in [0.1, 0.15) is 4.75 Å². The summed E-state index contributed by atoms with van der Waals surface area (Å²) in [7, 11) is 0. The van der Waals surface area contributed by atoms with Crippen LogP contribution in [0.4, 0.5) is 0 Å². The van der Waals surface area contributed by atoms with Gasteiger partial charge in [-0.05, 0) is 43.7 Å². The second-order valence-electron chi connectivity index (χ2n) is 5.15. The molecule has 104 valence electrons. The average Bonchev–Trinajstić information content (AvgIpc) is 3.03. The SMILES string of the molecule is CCCCCCc1ccc(C2(C(C)=O)CC=CS2)s1. The number of thiophene rings is 1. The van der Waals surface area contributed by atoms with Gasteiger partial charge in [0.25, 0.3) is 0 Å². The zero-order valence-electron chi connectivity index (χ0n) is 11.8. The van der Waals surface area contributed by atoms with Gasteiger partial charge in [0.05, 0.1) is 0 Å². The first kappa shape index (κ1) is 14.9. The maximum absolute atomic E-state index is 12.0. The number of rotatable bonds is 7. The van der Waals surface area contributed by atoms with Crippen LogP contribution in [0.15, 0.2) is 23.6 Å². The molecule has 0 bridgehead atoms. The molecule has 0 amide bonds. The Balaban J connectivity index is 2.01. The first-order valence-corrected chi connectivity index (χ1v) is 8.81.